The number of ether oxygens (including phenoxy) is 1. The van der Waals surface area contributed by atoms with Gasteiger partial charge in [0.15, 0.2) is 5.69 Å². The molecule has 1 spiro atoms. The number of allylic oxidation sites excluding steroid dienone is 5. The van der Waals surface area contributed by atoms with E-state index in [2.05, 4.69) is 17.1 Å². The van der Waals surface area contributed by atoms with E-state index in [0.717, 1.165) is 18.9 Å². The number of nitrogen functional groups attached to an aromatic ring is 1. The van der Waals surface area contributed by atoms with Crippen LogP contribution in [0, 0.1) is 17.3 Å². The van der Waals surface area contributed by atoms with Crippen molar-refractivity contribution >= 4 is 5.69 Å². The van der Waals surface area contributed by atoms with Crippen molar-refractivity contribution in [3.63, 3.8) is 0 Å². The Morgan fingerprint density at radius 3 is 2.87 bits per heavy atom. The fraction of sp³-hybridized carbons (Fsp3) is 0.353. The van der Waals surface area contributed by atoms with Gasteiger partial charge in [-0.1, -0.05) is 24.3 Å². The zero-order valence-corrected chi connectivity index (χ0v) is 12.2. The van der Waals surface area contributed by atoms with E-state index in [1.807, 2.05) is 18.2 Å². The van der Waals surface area contributed by atoms with Crippen LogP contribution in [0.25, 0.3) is 0 Å². The smallest absolute Gasteiger partial charge is 0.433 e. The molecular weight excluding hydrogens is 305 g/mol. The molecular formula is C17H15F3N2O. The molecule has 0 radical (unpaired) electrons. The van der Waals surface area contributed by atoms with E-state index in [9.17, 15) is 13.2 Å². The molecule has 1 saturated carbocycles. The van der Waals surface area contributed by atoms with E-state index in [0.29, 0.717) is 17.6 Å². The quantitative estimate of drug-likeness (QED) is 0.892. The summed E-state index contributed by atoms with van der Waals surface area (Å²) in [5, 5.41) is 0. The summed E-state index contributed by atoms with van der Waals surface area (Å²) in [5.41, 5.74) is 4.27. The number of hydrogen-bond donors (Lipinski definition) is 1. The normalized spacial score (nSPS) is 31.2. The first kappa shape index (κ1) is 14.4. The number of hydrogen-bond acceptors (Lipinski definition) is 3. The third-order valence-electron chi connectivity index (χ3n) is 4.84. The molecule has 1 aromatic heterocycles. The predicted molar refractivity (Wildman–Crippen MR) is 79.3 cm³/mol. The molecule has 3 atom stereocenters. The molecule has 0 aliphatic heterocycles. The summed E-state index contributed by atoms with van der Waals surface area (Å²) >= 11 is 0. The van der Waals surface area contributed by atoms with Crippen LogP contribution in [0.1, 0.15) is 18.5 Å². The minimum absolute atomic E-state index is 0.0146. The van der Waals surface area contributed by atoms with Crippen LogP contribution in [0.5, 0.6) is 5.88 Å². The van der Waals surface area contributed by atoms with E-state index in [1.54, 1.807) is 0 Å². The van der Waals surface area contributed by atoms with Crippen molar-refractivity contribution in [3.8, 4) is 5.88 Å². The largest absolute Gasteiger partial charge is 0.443 e. The number of fused-ring (bicyclic) bond motifs is 1. The van der Waals surface area contributed by atoms with Crippen LogP contribution < -0.4 is 10.5 Å². The van der Waals surface area contributed by atoms with Crippen LogP contribution in [-0.2, 0) is 6.18 Å². The van der Waals surface area contributed by atoms with E-state index in [1.165, 1.54) is 6.07 Å². The predicted octanol–water partition coefficient (Wildman–Crippen LogP) is 4.10. The molecule has 3 aliphatic carbocycles. The molecule has 0 amide bonds. The van der Waals surface area contributed by atoms with Crippen LogP contribution in [-0.4, -0.2) is 4.98 Å². The van der Waals surface area contributed by atoms with Crippen molar-refractivity contribution in [2.75, 3.05) is 5.73 Å². The molecule has 3 unspecified atom stereocenters. The SMILES string of the molecule is Nc1cc(OC2=CC3CC4C=CC=CC24C3)nc(C(F)(F)F)c1. The molecule has 120 valence electrons. The van der Waals surface area contributed by atoms with Crippen LogP contribution in [0.2, 0.25) is 0 Å². The second-order valence-corrected chi connectivity index (χ2v) is 6.35. The standard InChI is InChI=1S/C17H15F3N2O/c18-17(19,20)13-7-12(21)8-15(22-13)23-14-6-10-5-11-3-1-2-4-16(11,14)9-10/h1-4,6-8,10-11H,5,9H2,(H2,21,22). The van der Waals surface area contributed by atoms with Gasteiger partial charge in [0.1, 0.15) is 5.76 Å². The zero-order valence-electron chi connectivity index (χ0n) is 12.2. The van der Waals surface area contributed by atoms with Gasteiger partial charge in [-0.3, -0.25) is 0 Å². The summed E-state index contributed by atoms with van der Waals surface area (Å²) in [6.07, 6.45) is 7.65. The van der Waals surface area contributed by atoms with Gasteiger partial charge in [0.2, 0.25) is 5.88 Å². The summed E-state index contributed by atoms with van der Waals surface area (Å²) in [4.78, 5) is 3.58. The highest BCUT2D eigenvalue weighted by Gasteiger charge is 2.53. The van der Waals surface area contributed by atoms with E-state index in [-0.39, 0.29) is 17.0 Å². The number of halogens is 3. The minimum atomic E-state index is -4.55. The molecule has 1 heterocycles. The number of aromatic nitrogens is 1. The minimum Gasteiger partial charge on any atom is -0.443 e. The van der Waals surface area contributed by atoms with E-state index < -0.39 is 11.9 Å². The number of nitrogens with zero attached hydrogens (tertiary/aromatic N) is 1. The van der Waals surface area contributed by atoms with Gasteiger partial charge >= 0.3 is 6.18 Å². The maximum absolute atomic E-state index is 12.9. The third-order valence-corrected chi connectivity index (χ3v) is 4.84. The second-order valence-electron chi connectivity index (χ2n) is 6.35. The van der Waals surface area contributed by atoms with Gasteiger partial charge < -0.3 is 10.5 Å². The highest BCUT2D eigenvalue weighted by atomic mass is 19.4. The molecule has 1 fully saturated rings. The molecule has 3 nitrogen and oxygen atoms in total. The fourth-order valence-electron chi connectivity index (χ4n) is 3.90. The summed E-state index contributed by atoms with van der Waals surface area (Å²) in [6, 6.07) is 2.14. The number of nitrogens with two attached hydrogens (primary N) is 1. The summed E-state index contributed by atoms with van der Waals surface area (Å²) < 4.78 is 44.4. The molecule has 0 aromatic carbocycles. The number of pyridine rings is 1. The Bertz CT molecular complexity index is 751. The van der Waals surface area contributed by atoms with E-state index >= 15 is 0 Å². The lowest BCUT2D eigenvalue weighted by molar-refractivity contribution is -0.141. The average molecular weight is 320 g/mol. The topological polar surface area (TPSA) is 48.1 Å². The molecule has 0 saturated heterocycles. The zero-order chi connectivity index (χ0) is 16.2. The molecule has 23 heavy (non-hydrogen) atoms. The lowest BCUT2D eigenvalue weighted by atomic mass is 9.74. The first-order chi connectivity index (χ1) is 10.9. The Morgan fingerprint density at radius 1 is 1.26 bits per heavy atom. The molecule has 2 N–H and O–H groups in total. The van der Waals surface area contributed by atoms with Crippen molar-refractivity contribution in [1.29, 1.82) is 0 Å². The Kier molecular flexibility index (Phi) is 2.89. The van der Waals surface area contributed by atoms with Crippen molar-refractivity contribution in [1.82, 2.24) is 4.98 Å². The average Bonchev–Trinajstić information content (AvgIpc) is 2.99. The van der Waals surface area contributed by atoms with Crippen LogP contribution in [0.3, 0.4) is 0 Å². The number of rotatable bonds is 2. The number of alkyl halides is 3. The maximum atomic E-state index is 12.9. The van der Waals surface area contributed by atoms with Gasteiger partial charge in [0.05, 0.1) is 5.41 Å². The van der Waals surface area contributed by atoms with Gasteiger partial charge in [0, 0.05) is 11.8 Å². The first-order valence-electron chi connectivity index (χ1n) is 7.48. The van der Waals surface area contributed by atoms with Gasteiger partial charge in [-0.15, -0.1) is 0 Å². The highest BCUT2D eigenvalue weighted by Crippen LogP contribution is 2.59. The Balaban J connectivity index is 1.67. The molecule has 6 heteroatoms. The van der Waals surface area contributed by atoms with E-state index in [4.69, 9.17) is 10.5 Å². The molecule has 3 aliphatic rings. The van der Waals surface area contributed by atoms with Gasteiger partial charge in [-0.25, -0.2) is 4.98 Å². The van der Waals surface area contributed by atoms with Crippen molar-refractivity contribution in [2.24, 2.45) is 17.3 Å². The Morgan fingerprint density at radius 2 is 2.09 bits per heavy atom. The first-order valence-corrected chi connectivity index (χ1v) is 7.48. The number of anilines is 1. The molecule has 2 bridgehead atoms. The fourth-order valence-corrected chi connectivity index (χ4v) is 3.90. The van der Waals surface area contributed by atoms with Crippen LogP contribution >= 0.6 is 0 Å². The Hall–Kier alpha value is -2.24. The summed E-state index contributed by atoms with van der Waals surface area (Å²) in [7, 11) is 0. The summed E-state index contributed by atoms with van der Waals surface area (Å²) in [5.74, 6) is 1.31. The van der Waals surface area contributed by atoms with Crippen molar-refractivity contribution in [3.05, 3.63) is 54.0 Å². The van der Waals surface area contributed by atoms with Gasteiger partial charge in [0.25, 0.3) is 0 Å². The van der Waals surface area contributed by atoms with Crippen molar-refractivity contribution in [2.45, 2.75) is 19.0 Å². The third kappa shape index (κ3) is 2.24. The molecule has 1 aromatic rings. The monoisotopic (exact) mass is 320 g/mol. The molecule has 4 rings (SSSR count). The maximum Gasteiger partial charge on any atom is 0.433 e. The lowest BCUT2D eigenvalue weighted by Crippen LogP contribution is -2.28. The van der Waals surface area contributed by atoms with Gasteiger partial charge in [-0.2, -0.15) is 13.2 Å². The Labute approximate surface area is 131 Å². The lowest BCUT2D eigenvalue weighted by Gasteiger charge is -2.34. The van der Waals surface area contributed by atoms with Gasteiger partial charge in [-0.05, 0) is 36.8 Å². The van der Waals surface area contributed by atoms with Crippen LogP contribution in [0.15, 0.2) is 48.3 Å². The van der Waals surface area contributed by atoms with Crippen LogP contribution in [0.4, 0.5) is 18.9 Å². The summed E-state index contributed by atoms with van der Waals surface area (Å²) in [6.45, 7) is 0. The second kappa shape index (κ2) is 4.63. The van der Waals surface area contributed by atoms with Crippen molar-refractivity contribution < 1.29 is 17.9 Å². The highest BCUT2D eigenvalue weighted by molar-refractivity contribution is 5.45.